The van der Waals surface area contributed by atoms with Crippen molar-refractivity contribution in [2.75, 3.05) is 13.1 Å². The van der Waals surface area contributed by atoms with Crippen LogP contribution < -0.4 is 4.74 Å². The van der Waals surface area contributed by atoms with E-state index >= 15 is 0 Å². The van der Waals surface area contributed by atoms with Crippen LogP contribution in [0.15, 0.2) is 24.3 Å². The van der Waals surface area contributed by atoms with E-state index in [1.165, 1.54) is 0 Å². The van der Waals surface area contributed by atoms with Gasteiger partial charge in [-0.3, -0.25) is 4.79 Å². The number of piperidine rings is 1. The van der Waals surface area contributed by atoms with Crippen LogP contribution in [-0.4, -0.2) is 66.9 Å². The van der Waals surface area contributed by atoms with E-state index in [0.29, 0.717) is 35.0 Å². The van der Waals surface area contributed by atoms with Gasteiger partial charge in [-0.05, 0) is 26.0 Å². The highest BCUT2D eigenvalue weighted by Crippen LogP contribution is 2.32. The van der Waals surface area contributed by atoms with Crippen LogP contribution in [0.25, 0.3) is 5.65 Å². The standard InChI is InChI=1S/C23H23ClFN5O4/c1-12-20(24)13(2)30-21(26-12)15-9-29(11-17(15)27-30)22(31)14-5-3-4-6-18(14)34-19-7-8-28(23(32)33)10-16(19)25/h3-6,16,19H,7-11H2,1-2H3,(H,32,33). The summed E-state index contributed by atoms with van der Waals surface area (Å²) in [7, 11) is 0. The van der Waals surface area contributed by atoms with Crippen molar-refractivity contribution in [2.24, 2.45) is 0 Å². The van der Waals surface area contributed by atoms with Gasteiger partial charge in [0.05, 0.1) is 47.3 Å². The number of nitrogens with zero attached hydrogens (tertiary/aromatic N) is 5. The maximum absolute atomic E-state index is 14.6. The normalized spacial score (nSPS) is 20.0. The van der Waals surface area contributed by atoms with E-state index < -0.39 is 18.4 Å². The summed E-state index contributed by atoms with van der Waals surface area (Å²) < 4.78 is 22.2. The summed E-state index contributed by atoms with van der Waals surface area (Å²) in [6, 6.07) is 6.72. The first-order valence-electron chi connectivity index (χ1n) is 10.9. The SMILES string of the molecule is Cc1nc2c3c(nn2c(C)c1Cl)CN(C(=O)c1ccccc1OC1CCN(C(=O)O)CC1F)C3. The summed E-state index contributed by atoms with van der Waals surface area (Å²) in [5, 5.41) is 14.3. The number of benzene rings is 1. The molecular weight excluding hydrogens is 465 g/mol. The van der Waals surface area contributed by atoms with Gasteiger partial charge in [-0.25, -0.2) is 18.7 Å². The van der Waals surface area contributed by atoms with Gasteiger partial charge >= 0.3 is 6.09 Å². The predicted octanol–water partition coefficient (Wildman–Crippen LogP) is 3.62. The van der Waals surface area contributed by atoms with Crippen molar-refractivity contribution < 1.29 is 23.8 Å². The molecule has 11 heteroatoms. The van der Waals surface area contributed by atoms with Crippen LogP contribution in [0.4, 0.5) is 9.18 Å². The minimum Gasteiger partial charge on any atom is -0.486 e. The molecule has 3 aromatic rings. The number of rotatable bonds is 3. The third-order valence-electron chi connectivity index (χ3n) is 6.39. The lowest BCUT2D eigenvalue weighted by molar-refractivity contribution is 0.0241. The molecule has 1 saturated heterocycles. The van der Waals surface area contributed by atoms with Crippen molar-refractivity contribution in [1.29, 1.82) is 0 Å². The van der Waals surface area contributed by atoms with Gasteiger partial charge in [0.25, 0.3) is 5.91 Å². The molecule has 34 heavy (non-hydrogen) atoms. The second kappa shape index (κ2) is 8.43. The summed E-state index contributed by atoms with van der Waals surface area (Å²) in [5.41, 5.74) is 4.13. The summed E-state index contributed by atoms with van der Waals surface area (Å²) in [6.45, 7) is 4.27. The monoisotopic (exact) mass is 487 g/mol. The highest BCUT2D eigenvalue weighted by atomic mass is 35.5. The Kier molecular flexibility index (Phi) is 5.55. The Balaban J connectivity index is 1.36. The Hall–Kier alpha value is -3.40. The molecule has 2 aliphatic heterocycles. The number of aromatic nitrogens is 3. The minimum atomic E-state index is -1.48. The first-order chi connectivity index (χ1) is 16.2. The maximum Gasteiger partial charge on any atom is 0.407 e. The first kappa shape index (κ1) is 22.4. The van der Waals surface area contributed by atoms with Gasteiger partial charge in [0.15, 0.2) is 11.8 Å². The number of carbonyl (C=O) groups is 2. The van der Waals surface area contributed by atoms with Gasteiger partial charge in [-0.15, -0.1) is 0 Å². The average molecular weight is 488 g/mol. The topological polar surface area (TPSA) is 100 Å². The molecule has 0 saturated carbocycles. The molecule has 1 aromatic carbocycles. The van der Waals surface area contributed by atoms with Crippen LogP contribution >= 0.6 is 11.6 Å². The van der Waals surface area contributed by atoms with Crippen LogP contribution in [0.3, 0.4) is 0 Å². The summed E-state index contributed by atoms with van der Waals surface area (Å²) in [5.74, 6) is 0.0202. The fourth-order valence-electron chi connectivity index (χ4n) is 4.53. The number of alkyl halides is 1. The highest BCUT2D eigenvalue weighted by molar-refractivity contribution is 6.31. The molecule has 5 rings (SSSR count). The van der Waals surface area contributed by atoms with E-state index in [2.05, 4.69) is 10.1 Å². The van der Waals surface area contributed by atoms with Crippen molar-refractivity contribution >= 4 is 29.2 Å². The van der Waals surface area contributed by atoms with Crippen LogP contribution in [0.2, 0.25) is 5.02 Å². The number of fused-ring (bicyclic) bond motifs is 3. The van der Waals surface area contributed by atoms with Crippen LogP contribution in [-0.2, 0) is 13.1 Å². The molecule has 178 valence electrons. The molecule has 1 fully saturated rings. The van der Waals surface area contributed by atoms with E-state index in [4.69, 9.17) is 21.4 Å². The quantitative estimate of drug-likeness (QED) is 0.605. The zero-order chi connectivity index (χ0) is 24.1. The van der Waals surface area contributed by atoms with Crippen molar-refractivity contribution in [3.63, 3.8) is 0 Å². The van der Waals surface area contributed by atoms with E-state index in [1.54, 1.807) is 33.7 Å². The number of aryl methyl sites for hydroxylation is 2. The Morgan fingerprint density at radius 2 is 1.97 bits per heavy atom. The summed E-state index contributed by atoms with van der Waals surface area (Å²) >= 11 is 6.31. The zero-order valence-corrected chi connectivity index (χ0v) is 19.4. The molecule has 9 nitrogen and oxygen atoms in total. The average Bonchev–Trinajstić information content (AvgIpc) is 3.38. The lowest BCUT2D eigenvalue weighted by atomic mass is 10.1. The van der Waals surface area contributed by atoms with Crippen LogP contribution in [0, 0.1) is 13.8 Å². The van der Waals surface area contributed by atoms with Crippen LogP contribution in [0.5, 0.6) is 5.75 Å². The fraction of sp³-hybridized carbons (Fsp3) is 0.391. The van der Waals surface area contributed by atoms with Gasteiger partial charge in [-0.1, -0.05) is 23.7 Å². The minimum absolute atomic E-state index is 0.174. The molecular formula is C23H23ClFN5O4. The van der Waals surface area contributed by atoms with Crippen molar-refractivity contribution in [1.82, 2.24) is 24.4 Å². The van der Waals surface area contributed by atoms with Gasteiger partial charge in [0.2, 0.25) is 0 Å². The number of hydrogen-bond donors (Lipinski definition) is 1. The van der Waals surface area contributed by atoms with E-state index in [9.17, 15) is 14.0 Å². The van der Waals surface area contributed by atoms with Crippen molar-refractivity contribution in [3.8, 4) is 5.75 Å². The van der Waals surface area contributed by atoms with Gasteiger partial charge in [-0.2, -0.15) is 5.10 Å². The van der Waals surface area contributed by atoms with Crippen LogP contribution in [0.1, 0.15) is 39.4 Å². The number of para-hydroxylation sites is 1. The smallest absolute Gasteiger partial charge is 0.407 e. The largest absolute Gasteiger partial charge is 0.486 e. The maximum atomic E-state index is 14.6. The number of halogens is 2. The number of hydrogen-bond acceptors (Lipinski definition) is 5. The molecule has 0 radical (unpaired) electrons. The molecule has 2 amide bonds. The number of amides is 2. The highest BCUT2D eigenvalue weighted by Gasteiger charge is 2.35. The molecule has 1 N–H and O–H groups in total. The molecule has 2 aromatic heterocycles. The summed E-state index contributed by atoms with van der Waals surface area (Å²) in [4.78, 5) is 31.8. The number of ether oxygens (including phenoxy) is 1. The Morgan fingerprint density at radius 3 is 2.71 bits per heavy atom. The van der Waals surface area contributed by atoms with Gasteiger partial charge < -0.3 is 19.6 Å². The van der Waals surface area contributed by atoms with Crippen molar-refractivity contribution in [3.05, 3.63) is 57.5 Å². The fourth-order valence-corrected chi connectivity index (χ4v) is 4.65. The molecule has 4 heterocycles. The molecule has 0 spiro atoms. The first-order valence-corrected chi connectivity index (χ1v) is 11.3. The number of likely N-dealkylation sites (tertiary alicyclic amines) is 1. The second-order valence-electron chi connectivity index (χ2n) is 8.60. The summed E-state index contributed by atoms with van der Waals surface area (Å²) in [6.07, 6.45) is -3.26. The Labute approximate surface area is 199 Å². The van der Waals surface area contributed by atoms with Gasteiger partial charge in [0, 0.05) is 18.5 Å². The Bertz CT molecular complexity index is 1310. The number of carbonyl (C=O) groups excluding carboxylic acids is 1. The molecule has 2 unspecified atom stereocenters. The van der Waals surface area contributed by atoms with E-state index in [-0.39, 0.29) is 31.2 Å². The van der Waals surface area contributed by atoms with Crippen molar-refractivity contribution in [2.45, 2.75) is 45.6 Å². The lowest BCUT2D eigenvalue weighted by Gasteiger charge is -2.33. The lowest BCUT2D eigenvalue weighted by Crippen LogP contribution is -2.48. The third-order valence-corrected chi connectivity index (χ3v) is 6.94. The van der Waals surface area contributed by atoms with E-state index in [0.717, 1.165) is 21.9 Å². The predicted molar refractivity (Wildman–Crippen MR) is 121 cm³/mol. The second-order valence-corrected chi connectivity index (χ2v) is 8.98. The third kappa shape index (κ3) is 3.71. The van der Waals surface area contributed by atoms with E-state index in [1.807, 2.05) is 13.8 Å². The molecule has 2 atom stereocenters. The molecule has 2 aliphatic rings. The molecule has 0 bridgehead atoms. The van der Waals surface area contributed by atoms with Gasteiger partial charge in [0.1, 0.15) is 11.9 Å². The number of carboxylic acid groups (broad SMARTS) is 1. The molecule has 0 aliphatic carbocycles. The Morgan fingerprint density at radius 1 is 1.21 bits per heavy atom. The zero-order valence-electron chi connectivity index (χ0n) is 18.7.